The lowest BCUT2D eigenvalue weighted by Crippen LogP contribution is -2.46. The Morgan fingerprint density at radius 2 is 2.12 bits per heavy atom. The summed E-state index contributed by atoms with van der Waals surface area (Å²) in [6.45, 7) is 6.48. The van der Waals surface area contributed by atoms with Crippen LogP contribution in [0, 0.1) is 0 Å². The molecule has 0 aromatic carbocycles. The monoisotopic (exact) mass is 248 g/mol. The van der Waals surface area contributed by atoms with Crippen molar-refractivity contribution in [2.45, 2.75) is 32.4 Å². The molecule has 0 rings (SSSR count). The molecule has 0 radical (unpaired) electrons. The first-order valence-electron chi connectivity index (χ1n) is 5.47. The molecule has 1 atom stereocenters. The minimum Gasteiger partial charge on any atom is -0.387 e. The van der Waals surface area contributed by atoms with Gasteiger partial charge in [0.1, 0.15) is 0 Å². The zero-order valence-electron chi connectivity index (χ0n) is 10.9. The van der Waals surface area contributed by atoms with Crippen LogP contribution in [0.25, 0.3) is 0 Å². The van der Waals surface area contributed by atoms with Crippen LogP contribution in [0.3, 0.4) is 0 Å². The highest BCUT2D eigenvalue weighted by atomic mass is 32.2. The second-order valence-corrected chi connectivity index (χ2v) is 5.58. The fraction of sp³-hybridized carbons (Fsp3) is 0.909. The molecule has 0 aliphatic heterocycles. The van der Waals surface area contributed by atoms with E-state index in [9.17, 15) is 9.90 Å². The van der Waals surface area contributed by atoms with Crippen LogP contribution in [0.5, 0.6) is 0 Å². The molecule has 1 unspecified atom stereocenters. The largest absolute Gasteiger partial charge is 0.387 e. The number of thioether (sulfide) groups is 1. The third-order valence-corrected chi connectivity index (χ3v) is 3.31. The quantitative estimate of drug-likeness (QED) is 0.691. The third-order valence-electron chi connectivity index (χ3n) is 2.40. The van der Waals surface area contributed by atoms with Crippen molar-refractivity contribution < 1.29 is 9.90 Å². The molecule has 1 amide bonds. The molecule has 0 bridgehead atoms. The standard InChI is InChI=1S/C11H24N2O2S/c1-9(2)13(4)6-10(14)12-7-11(3,15)8-16-5/h9,15H,6-8H2,1-5H3,(H,12,14). The van der Waals surface area contributed by atoms with Gasteiger partial charge in [0.25, 0.3) is 0 Å². The molecule has 16 heavy (non-hydrogen) atoms. The van der Waals surface area contributed by atoms with E-state index in [2.05, 4.69) is 5.32 Å². The smallest absolute Gasteiger partial charge is 0.234 e. The van der Waals surface area contributed by atoms with E-state index in [4.69, 9.17) is 0 Å². The van der Waals surface area contributed by atoms with Gasteiger partial charge in [0.2, 0.25) is 5.91 Å². The summed E-state index contributed by atoms with van der Waals surface area (Å²) in [7, 11) is 1.91. The Bertz CT molecular complexity index is 220. The minimum absolute atomic E-state index is 0.0439. The van der Waals surface area contributed by atoms with Crippen molar-refractivity contribution >= 4 is 17.7 Å². The Kier molecular flexibility index (Phi) is 7.03. The summed E-state index contributed by atoms with van der Waals surface area (Å²) in [6.07, 6.45) is 1.93. The number of hydrogen-bond acceptors (Lipinski definition) is 4. The number of aliphatic hydroxyl groups is 1. The molecule has 0 heterocycles. The van der Waals surface area contributed by atoms with Gasteiger partial charge >= 0.3 is 0 Å². The van der Waals surface area contributed by atoms with Crippen LogP contribution in [0.1, 0.15) is 20.8 Å². The van der Waals surface area contributed by atoms with Crippen LogP contribution >= 0.6 is 11.8 Å². The molecule has 0 aromatic rings. The normalized spacial score (nSPS) is 15.2. The molecule has 0 fully saturated rings. The molecule has 4 nitrogen and oxygen atoms in total. The predicted octanol–water partition coefficient (Wildman–Crippen LogP) is 0.557. The van der Waals surface area contributed by atoms with E-state index in [1.165, 1.54) is 0 Å². The Morgan fingerprint density at radius 1 is 1.56 bits per heavy atom. The van der Waals surface area contributed by atoms with Gasteiger partial charge in [0.15, 0.2) is 0 Å². The summed E-state index contributed by atoms with van der Waals surface area (Å²) >= 11 is 1.57. The van der Waals surface area contributed by atoms with Crippen molar-refractivity contribution in [3.05, 3.63) is 0 Å². The van der Waals surface area contributed by atoms with Crippen molar-refractivity contribution in [3.63, 3.8) is 0 Å². The first kappa shape index (κ1) is 15.7. The van der Waals surface area contributed by atoms with Crippen molar-refractivity contribution in [2.24, 2.45) is 0 Å². The number of carbonyl (C=O) groups is 1. The molecule has 0 spiro atoms. The van der Waals surface area contributed by atoms with Crippen molar-refractivity contribution in [3.8, 4) is 0 Å². The summed E-state index contributed by atoms with van der Waals surface area (Å²) in [5.74, 6) is 0.574. The second-order valence-electron chi connectivity index (χ2n) is 4.72. The van der Waals surface area contributed by atoms with Crippen LogP contribution in [0.4, 0.5) is 0 Å². The van der Waals surface area contributed by atoms with Gasteiger partial charge in [-0.3, -0.25) is 9.69 Å². The van der Waals surface area contributed by atoms with Gasteiger partial charge < -0.3 is 10.4 Å². The zero-order valence-corrected chi connectivity index (χ0v) is 11.7. The fourth-order valence-corrected chi connectivity index (χ4v) is 1.84. The maximum absolute atomic E-state index is 11.5. The van der Waals surface area contributed by atoms with Gasteiger partial charge in [-0.25, -0.2) is 0 Å². The SMILES string of the molecule is CSCC(C)(O)CNC(=O)CN(C)C(C)C. The zero-order chi connectivity index (χ0) is 12.8. The van der Waals surface area contributed by atoms with Crippen molar-refractivity contribution in [1.29, 1.82) is 0 Å². The number of likely N-dealkylation sites (N-methyl/N-ethyl adjacent to an activating group) is 1. The Morgan fingerprint density at radius 3 is 2.56 bits per heavy atom. The molecule has 0 aliphatic rings. The molecular formula is C11H24N2O2S. The number of nitrogens with zero attached hydrogens (tertiary/aromatic N) is 1. The summed E-state index contributed by atoms with van der Waals surface area (Å²) in [5.41, 5.74) is -0.828. The van der Waals surface area contributed by atoms with Crippen LogP contribution < -0.4 is 5.32 Å². The number of amides is 1. The van der Waals surface area contributed by atoms with Crippen LogP contribution in [0.15, 0.2) is 0 Å². The first-order valence-corrected chi connectivity index (χ1v) is 6.86. The number of hydrogen-bond donors (Lipinski definition) is 2. The summed E-state index contributed by atoms with van der Waals surface area (Å²) < 4.78 is 0. The maximum atomic E-state index is 11.5. The summed E-state index contributed by atoms with van der Waals surface area (Å²) in [6, 6.07) is 0.345. The van der Waals surface area contributed by atoms with E-state index >= 15 is 0 Å². The summed E-state index contributed by atoms with van der Waals surface area (Å²) in [5, 5.41) is 12.6. The predicted molar refractivity (Wildman–Crippen MR) is 69.8 cm³/mol. The Hall–Kier alpha value is -0.260. The third kappa shape index (κ3) is 7.09. The van der Waals surface area contributed by atoms with Crippen molar-refractivity contribution in [2.75, 3.05) is 32.1 Å². The maximum Gasteiger partial charge on any atom is 0.234 e. The molecule has 0 saturated heterocycles. The van der Waals surface area contributed by atoms with E-state index in [0.717, 1.165) is 0 Å². The summed E-state index contributed by atoms with van der Waals surface area (Å²) in [4.78, 5) is 13.5. The number of carbonyl (C=O) groups excluding carboxylic acids is 1. The first-order chi connectivity index (χ1) is 7.28. The van der Waals surface area contributed by atoms with Crippen LogP contribution in [-0.2, 0) is 4.79 Å². The lowest BCUT2D eigenvalue weighted by atomic mass is 10.1. The highest BCUT2D eigenvalue weighted by molar-refractivity contribution is 7.98. The molecule has 2 N–H and O–H groups in total. The average molecular weight is 248 g/mol. The second kappa shape index (κ2) is 7.14. The van der Waals surface area contributed by atoms with Crippen LogP contribution in [-0.4, -0.2) is 59.7 Å². The van der Waals surface area contributed by atoms with E-state index in [0.29, 0.717) is 24.9 Å². The molecule has 0 saturated carbocycles. The van der Waals surface area contributed by atoms with Crippen molar-refractivity contribution in [1.82, 2.24) is 10.2 Å². The number of nitrogens with one attached hydrogen (secondary N) is 1. The van der Waals surface area contributed by atoms with E-state index in [1.807, 2.05) is 32.1 Å². The molecule has 5 heteroatoms. The van der Waals surface area contributed by atoms with Gasteiger partial charge in [0.05, 0.1) is 12.1 Å². The van der Waals surface area contributed by atoms with E-state index in [-0.39, 0.29) is 5.91 Å². The van der Waals surface area contributed by atoms with Gasteiger partial charge in [-0.2, -0.15) is 11.8 Å². The van der Waals surface area contributed by atoms with Gasteiger partial charge in [0, 0.05) is 18.3 Å². The number of rotatable bonds is 7. The highest BCUT2D eigenvalue weighted by Gasteiger charge is 2.20. The van der Waals surface area contributed by atoms with Gasteiger partial charge in [-0.05, 0) is 34.1 Å². The molecular weight excluding hydrogens is 224 g/mol. The molecule has 96 valence electrons. The minimum atomic E-state index is -0.828. The van der Waals surface area contributed by atoms with E-state index < -0.39 is 5.60 Å². The van der Waals surface area contributed by atoms with Crippen LogP contribution in [0.2, 0.25) is 0 Å². The topological polar surface area (TPSA) is 52.6 Å². The average Bonchev–Trinajstić information content (AvgIpc) is 2.14. The fourth-order valence-electron chi connectivity index (χ4n) is 1.12. The van der Waals surface area contributed by atoms with Gasteiger partial charge in [-0.15, -0.1) is 0 Å². The Balaban J connectivity index is 3.89. The molecule has 0 aromatic heterocycles. The molecule has 0 aliphatic carbocycles. The highest BCUT2D eigenvalue weighted by Crippen LogP contribution is 2.08. The Labute approximate surface area is 103 Å². The van der Waals surface area contributed by atoms with E-state index in [1.54, 1.807) is 18.7 Å². The lowest BCUT2D eigenvalue weighted by molar-refractivity contribution is -0.123. The lowest BCUT2D eigenvalue weighted by Gasteiger charge is -2.24. The van der Waals surface area contributed by atoms with Gasteiger partial charge in [-0.1, -0.05) is 0 Å².